The molecule has 21 heteroatoms. The molecule has 264 valence electrons. The summed E-state index contributed by atoms with van der Waals surface area (Å²) in [4.78, 5) is 0. The predicted molar refractivity (Wildman–Crippen MR) is 134 cm³/mol. The van der Waals surface area contributed by atoms with Crippen molar-refractivity contribution in [1.82, 2.24) is 0 Å². The highest BCUT2D eigenvalue weighted by Gasteiger charge is 2.55. The van der Waals surface area contributed by atoms with Crippen LogP contribution in [0.5, 0.6) is 0 Å². The summed E-state index contributed by atoms with van der Waals surface area (Å²) in [5.74, 6) is 0. The van der Waals surface area contributed by atoms with Crippen molar-refractivity contribution in [3.05, 3.63) is 0 Å². The van der Waals surface area contributed by atoms with Crippen LogP contribution in [0.1, 0.15) is 0 Å². The lowest BCUT2D eigenvalue weighted by Gasteiger charge is -2.49. The molecule has 21 nitrogen and oxygen atoms in total. The van der Waals surface area contributed by atoms with Crippen molar-refractivity contribution >= 4 is 0 Å². The molecule has 0 aliphatic carbocycles. The van der Waals surface area contributed by atoms with E-state index in [1.165, 1.54) is 0 Å². The third kappa shape index (κ3) is 7.44. The normalized spacial score (nSPS) is 52.9. The van der Waals surface area contributed by atoms with Gasteiger partial charge in [0, 0.05) is 0 Å². The van der Waals surface area contributed by atoms with E-state index < -0.39 is 149 Å². The van der Waals surface area contributed by atoms with Crippen LogP contribution in [-0.2, 0) is 33.2 Å². The first-order valence-electron chi connectivity index (χ1n) is 14.1. The largest absolute Gasteiger partial charge is 0.394 e. The molecule has 4 saturated heterocycles. The van der Waals surface area contributed by atoms with Gasteiger partial charge in [-0.3, -0.25) is 0 Å². The molecular weight excluding hydrogens is 624 g/mol. The second-order valence-corrected chi connectivity index (χ2v) is 11.1. The lowest BCUT2D eigenvalue weighted by atomic mass is 9.95. The summed E-state index contributed by atoms with van der Waals surface area (Å²) in [5.41, 5.74) is 0. The Labute approximate surface area is 254 Å². The molecule has 0 unspecified atom stereocenters. The first-order valence-corrected chi connectivity index (χ1v) is 14.1. The fraction of sp³-hybridized carbons (Fsp3) is 1.00. The van der Waals surface area contributed by atoms with Gasteiger partial charge in [0.15, 0.2) is 25.2 Å². The van der Waals surface area contributed by atoms with Crippen LogP contribution in [0.4, 0.5) is 0 Å². The molecule has 0 aromatic heterocycles. The number of aliphatic hydroxyl groups excluding tert-OH is 14. The van der Waals surface area contributed by atoms with Crippen LogP contribution in [0.3, 0.4) is 0 Å². The summed E-state index contributed by atoms with van der Waals surface area (Å²) < 4.78 is 37.7. The monoisotopic (exact) mass is 666 g/mol. The lowest BCUT2D eigenvalue weighted by Crippen LogP contribution is -2.67. The highest BCUT2D eigenvalue weighted by Crippen LogP contribution is 2.34. The van der Waals surface area contributed by atoms with Crippen molar-refractivity contribution in [2.75, 3.05) is 26.4 Å². The molecule has 20 atom stereocenters. The maximum Gasteiger partial charge on any atom is 0.187 e. The second-order valence-electron chi connectivity index (χ2n) is 11.1. The van der Waals surface area contributed by atoms with Crippen molar-refractivity contribution in [1.29, 1.82) is 0 Å². The van der Waals surface area contributed by atoms with E-state index in [-0.39, 0.29) is 0 Å². The number of rotatable bonds is 10. The molecule has 0 aromatic carbocycles. The van der Waals surface area contributed by atoms with Gasteiger partial charge >= 0.3 is 0 Å². The summed E-state index contributed by atoms with van der Waals surface area (Å²) in [6.45, 7) is -3.41. The molecule has 4 aliphatic heterocycles. The summed E-state index contributed by atoms with van der Waals surface area (Å²) in [5, 5.41) is 142. The van der Waals surface area contributed by atoms with E-state index >= 15 is 0 Å². The SMILES string of the molecule is OC[C@H]1O[C@@H](O[C@@H]2[C@@H](O)[C@H](O[C@H]3[C@H](O)[C@@H](O)[C@H](O[C@H]4[C@H](O)[C@@H](O)[C@H](O)O[C@@H]4CO)O[C@@H]3CO)O[C@H](CO)[C@H]2O)[C@H](O)[C@@H](O)[C@@H]1O. The molecule has 0 radical (unpaired) electrons. The molecule has 4 fully saturated rings. The van der Waals surface area contributed by atoms with E-state index in [2.05, 4.69) is 0 Å². The lowest BCUT2D eigenvalue weighted by molar-refractivity contribution is -0.388. The number of hydrogen-bond acceptors (Lipinski definition) is 21. The number of ether oxygens (including phenoxy) is 7. The van der Waals surface area contributed by atoms with Crippen molar-refractivity contribution < 1.29 is 105 Å². The van der Waals surface area contributed by atoms with Gasteiger partial charge in [-0.15, -0.1) is 0 Å². The molecule has 0 aromatic rings. The van der Waals surface area contributed by atoms with E-state index in [0.29, 0.717) is 0 Å². The number of aliphatic hydroxyl groups is 14. The first-order chi connectivity index (χ1) is 21.3. The Kier molecular flexibility index (Phi) is 12.8. The van der Waals surface area contributed by atoms with E-state index in [1.807, 2.05) is 0 Å². The van der Waals surface area contributed by atoms with Gasteiger partial charge in [-0.1, -0.05) is 0 Å². The van der Waals surface area contributed by atoms with E-state index in [9.17, 15) is 71.5 Å². The Morgan fingerprint density at radius 1 is 0.333 bits per heavy atom. The minimum atomic E-state index is -2.02. The Bertz CT molecular complexity index is 912. The number of hydrogen-bond donors (Lipinski definition) is 14. The third-order valence-electron chi connectivity index (χ3n) is 8.20. The molecule has 45 heavy (non-hydrogen) atoms. The first kappa shape index (κ1) is 37.0. The third-order valence-corrected chi connectivity index (χ3v) is 8.20. The molecular formula is C24H42O21. The molecule has 0 spiro atoms. The molecule has 0 saturated carbocycles. The average Bonchev–Trinajstić information content (AvgIpc) is 3.03. The van der Waals surface area contributed by atoms with Crippen LogP contribution in [-0.4, -0.2) is 221 Å². The summed E-state index contributed by atoms with van der Waals surface area (Å²) >= 11 is 0. The van der Waals surface area contributed by atoms with Crippen LogP contribution >= 0.6 is 0 Å². The second kappa shape index (κ2) is 15.6. The van der Waals surface area contributed by atoms with Crippen molar-refractivity contribution in [3.8, 4) is 0 Å². The summed E-state index contributed by atoms with van der Waals surface area (Å²) in [7, 11) is 0. The molecule has 14 N–H and O–H groups in total. The van der Waals surface area contributed by atoms with Gasteiger partial charge in [0.05, 0.1) is 26.4 Å². The van der Waals surface area contributed by atoms with Crippen LogP contribution in [0.25, 0.3) is 0 Å². The van der Waals surface area contributed by atoms with Gasteiger partial charge in [0.2, 0.25) is 0 Å². The topological polar surface area (TPSA) is 348 Å². The highest BCUT2D eigenvalue weighted by molar-refractivity contribution is 4.97. The van der Waals surface area contributed by atoms with Crippen molar-refractivity contribution in [3.63, 3.8) is 0 Å². The quantitative estimate of drug-likeness (QED) is 0.103. The fourth-order valence-corrected chi connectivity index (χ4v) is 5.54. The maximum atomic E-state index is 11.0. The summed E-state index contributed by atoms with van der Waals surface area (Å²) in [6, 6.07) is 0. The van der Waals surface area contributed by atoms with E-state index in [0.717, 1.165) is 0 Å². The van der Waals surface area contributed by atoms with Gasteiger partial charge in [-0.05, 0) is 0 Å². The van der Waals surface area contributed by atoms with Gasteiger partial charge in [-0.25, -0.2) is 0 Å². The van der Waals surface area contributed by atoms with Crippen LogP contribution in [0.2, 0.25) is 0 Å². The standard InChI is InChI=1S/C24H42O21/c25-1-5-9(29)11(31)15(35)22(40-5)45-20-10(30)6(2-26)41-24(17(20)37)44-19-8(4-28)42-23(16(36)13(19)33)43-18-7(3-27)39-21(38)14(34)12(18)32/h5-38H,1-4H2/t5-,6-,7-,8-,9-,10-,11+,12-,13-,14-,15-,16-,17-,18-,19-,20+,21-,22+,23+,24+/m1/s1. The Hall–Kier alpha value is -0.840. The van der Waals surface area contributed by atoms with Gasteiger partial charge < -0.3 is 105 Å². The van der Waals surface area contributed by atoms with Gasteiger partial charge in [0.25, 0.3) is 0 Å². The maximum absolute atomic E-state index is 11.0. The van der Waals surface area contributed by atoms with Gasteiger partial charge in [-0.2, -0.15) is 0 Å². The Morgan fingerprint density at radius 3 is 1.22 bits per heavy atom. The highest BCUT2D eigenvalue weighted by atomic mass is 16.8. The fourth-order valence-electron chi connectivity index (χ4n) is 5.54. The zero-order valence-electron chi connectivity index (χ0n) is 23.5. The molecule has 4 heterocycles. The molecule has 4 aliphatic rings. The Balaban J connectivity index is 1.48. The van der Waals surface area contributed by atoms with Crippen LogP contribution < -0.4 is 0 Å². The predicted octanol–water partition coefficient (Wildman–Crippen LogP) is -9.75. The summed E-state index contributed by atoms with van der Waals surface area (Å²) in [6.07, 6.45) is -35.6. The van der Waals surface area contributed by atoms with Crippen molar-refractivity contribution in [2.24, 2.45) is 0 Å². The van der Waals surface area contributed by atoms with E-state index in [4.69, 9.17) is 33.2 Å². The van der Waals surface area contributed by atoms with Crippen molar-refractivity contribution in [2.45, 2.75) is 123 Å². The smallest absolute Gasteiger partial charge is 0.187 e. The minimum Gasteiger partial charge on any atom is -0.394 e. The molecule has 0 amide bonds. The minimum absolute atomic E-state index is 0.806. The van der Waals surface area contributed by atoms with Crippen LogP contribution in [0.15, 0.2) is 0 Å². The average molecular weight is 667 g/mol. The molecule has 4 rings (SSSR count). The van der Waals surface area contributed by atoms with E-state index in [1.54, 1.807) is 0 Å². The zero-order chi connectivity index (χ0) is 33.3. The zero-order valence-corrected chi connectivity index (χ0v) is 23.5. The Morgan fingerprint density at radius 2 is 0.711 bits per heavy atom. The molecule has 0 bridgehead atoms. The van der Waals surface area contributed by atoms with Gasteiger partial charge in [0.1, 0.15) is 97.7 Å². The van der Waals surface area contributed by atoms with Crippen LogP contribution in [0, 0.1) is 0 Å².